The first-order valence-corrected chi connectivity index (χ1v) is 5.05. The number of fused-ring (bicyclic) bond motifs is 3. The number of aromatic amines is 1. The molecule has 0 radical (unpaired) electrons. The van der Waals surface area contributed by atoms with Gasteiger partial charge in [0.2, 0.25) is 5.91 Å². The van der Waals surface area contributed by atoms with E-state index >= 15 is 0 Å². The summed E-state index contributed by atoms with van der Waals surface area (Å²) >= 11 is 0. The monoisotopic (exact) mass is 210 g/mol. The number of nitrogens with two attached hydrogens (primary N) is 1. The van der Waals surface area contributed by atoms with E-state index in [2.05, 4.69) is 4.98 Å². The maximum absolute atomic E-state index is 11.1. The lowest BCUT2D eigenvalue weighted by molar-refractivity contribution is 0.100. The molecule has 0 aliphatic carbocycles. The van der Waals surface area contributed by atoms with Gasteiger partial charge in [-0.3, -0.25) is 4.79 Å². The Balaban J connectivity index is 2.46. The van der Waals surface area contributed by atoms with Crippen LogP contribution >= 0.6 is 0 Å². The molecule has 3 N–H and O–H groups in total. The van der Waals surface area contributed by atoms with E-state index in [9.17, 15) is 4.79 Å². The van der Waals surface area contributed by atoms with E-state index < -0.39 is 5.91 Å². The highest BCUT2D eigenvalue weighted by molar-refractivity contribution is 6.09. The highest BCUT2D eigenvalue weighted by Crippen LogP contribution is 2.25. The van der Waals surface area contributed by atoms with Gasteiger partial charge in [-0.2, -0.15) is 0 Å². The topological polar surface area (TPSA) is 58.9 Å². The fraction of sp³-hybridized carbons (Fsp3) is 0. The quantitative estimate of drug-likeness (QED) is 0.636. The lowest BCUT2D eigenvalue weighted by Crippen LogP contribution is -2.10. The molecule has 1 aromatic heterocycles. The lowest BCUT2D eigenvalue weighted by Gasteiger charge is -2.02. The van der Waals surface area contributed by atoms with Crippen molar-refractivity contribution in [2.45, 2.75) is 0 Å². The van der Waals surface area contributed by atoms with Crippen LogP contribution in [0.15, 0.2) is 42.6 Å². The number of H-pyrrole nitrogens is 1. The van der Waals surface area contributed by atoms with Gasteiger partial charge in [0, 0.05) is 22.7 Å². The summed E-state index contributed by atoms with van der Waals surface area (Å²) < 4.78 is 0. The number of nitrogens with one attached hydrogen (secondary N) is 1. The van der Waals surface area contributed by atoms with Crippen molar-refractivity contribution in [1.29, 1.82) is 0 Å². The molecule has 1 amide bonds. The number of amides is 1. The smallest absolute Gasteiger partial charge is 0.248 e. The Morgan fingerprint density at radius 2 is 1.88 bits per heavy atom. The number of rotatable bonds is 1. The predicted octanol–water partition coefficient (Wildman–Crippen LogP) is 2.42. The fourth-order valence-electron chi connectivity index (χ4n) is 2.02. The molecule has 3 heteroatoms. The van der Waals surface area contributed by atoms with E-state index in [0.29, 0.717) is 5.56 Å². The van der Waals surface area contributed by atoms with E-state index in [1.165, 1.54) is 0 Å². The normalized spacial score (nSPS) is 11.0. The Labute approximate surface area is 91.9 Å². The number of benzene rings is 2. The van der Waals surface area contributed by atoms with E-state index in [0.717, 1.165) is 21.7 Å². The van der Waals surface area contributed by atoms with Crippen LogP contribution in [0.4, 0.5) is 0 Å². The highest BCUT2D eigenvalue weighted by atomic mass is 16.1. The van der Waals surface area contributed by atoms with Crippen molar-refractivity contribution in [3.05, 3.63) is 48.2 Å². The number of primary amides is 1. The maximum atomic E-state index is 11.1. The minimum atomic E-state index is -0.394. The second kappa shape index (κ2) is 3.10. The molecule has 0 fully saturated rings. The summed E-state index contributed by atoms with van der Waals surface area (Å²) in [4.78, 5) is 14.3. The van der Waals surface area contributed by atoms with E-state index in [1.54, 1.807) is 6.07 Å². The summed E-state index contributed by atoms with van der Waals surface area (Å²) in [6.45, 7) is 0. The third kappa shape index (κ3) is 1.18. The summed E-state index contributed by atoms with van der Waals surface area (Å²) in [5.74, 6) is -0.394. The number of carbonyl (C=O) groups excluding carboxylic acids is 1. The highest BCUT2D eigenvalue weighted by Gasteiger charge is 2.05. The van der Waals surface area contributed by atoms with Crippen molar-refractivity contribution in [2.75, 3.05) is 0 Å². The van der Waals surface area contributed by atoms with Gasteiger partial charge in [0.25, 0.3) is 0 Å². The molecule has 3 rings (SSSR count). The molecule has 0 bridgehead atoms. The van der Waals surface area contributed by atoms with Crippen LogP contribution in [0, 0.1) is 0 Å². The largest absolute Gasteiger partial charge is 0.366 e. The lowest BCUT2D eigenvalue weighted by atomic mass is 10.0. The molecule has 3 nitrogen and oxygen atoms in total. The zero-order valence-corrected chi connectivity index (χ0v) is 8.53. The molecule has 1 heterocycles. The van der Waals surface area contributed by atoms with Gasteiger partial charge < -0.3 is 10.7 Å². The molecule has 2 aromatic carbocycles. The summed E-state index contributed by atoms with van der Waals surface area (Å²) in [6.07, 6.45) is 1.89. The molecule has 78 valence electrons. The van der Waals surface area contributed by atoms with Gasteiger partial charge in [-0.1, -0.05) is 12.1 Å². The first-order valence-electron chi connectivity index (χ1n) is 5.05. The Kier molecular flexibility index (Phi) is 1.74. The zero-order valence-electron chi connectivity index (χ0n) is 8.53. The van der Waals surface area contributed by atoms with E-state index in [4.69, 9.17) is 5.73 Å². The third-order valence-electron chi connectivity index (χ3n) is 2.84. The molecular weight excluding hydrogens is 200 g/mol. The van der Waals surface area contributed by atoms with Crippen LogP contribution in [0.25, 0.3) is 21.7 Å². The van der Waals surface area contributed by atoms with E-state index in [1.807, 2.05) is 36.5 Å². The fourth-order valence-corrected chi connectivity index (χ4v) is 2.02. The molecule has 0 aliphatic heterocycles. The Hall–Kier alpha value is -2.29. The van der Waals surface area contributed by atoms with Crippen molar-refractivity contribution in [3.8, 4) is 0 Å². The summed E-state index contributed by atoms with van der Waals surface area (Å²) in [6, 6.07) is 11.6. The minimum Gasteiger partial charge on any atom is -0.366 e. The van der Waals surface area contributed by atoms with Crippen molar-refractivity contribution >= 4 is 27.6 Å². The van der Waals surface area contributed by atoms with Crippen LogP contribution in [0.1, 0.15) is 10.4 Å². The minimum absolute atomic E-state index is 0.394. The number of hydrogen-bond donors (Lipinski definition) is 2. The second-order valence-corrected chi connectivity index (χ2v) is 3.80. The molecular formula is C13H10N2O. The van der Waals surface area contributed by atoms with Crippen LogP contribution in [0.3, 0.4) is 0 Å². The Morgan fingerprint density at radius 1 is 1.06 bits per heavy atom. The molecule has 0 spiro atoms. The molecule has 16 heavy (non-hydrogen) atoms. The molecule has 0 saturated carbocycles. The Bertz CT molecular complexity index is 697. The van der Waals surface area contributed by atoms with Crippen LogP contribution in [-0.4, -0.2) is 10.9 Å². The van der Waals surface area contributed by atoms with Crippen molar-refractivity contribution in [1.82, 2.24) is 4.98 Å². The number of hydrogen-bond acceptors (Lipinski definition) is 1. The summed E-state index contributed by atoms with van der Waals surface area (Å²) in [7, 11) is 0. The third-order valence-corrected chi connectivity index (χ3v) is 2.84. The van der Waals surface area contributed by atoms with E-state index in [-0.39, 0.29) is 0 Å². The molecule has 0 atom stereocenters. The molecule has 0 saturated heterocycles. The Morgan fingerprint density at radius 3 is 2.69 bits per heavy atom. The average molecular weight is 210 g/mol. The SMILES string of the molecule is NC(=O)c1ccc2ccc3[nH]ccc3c2c1. The first-order chi connectivity index (χ1) is 7.75. The maximum Gasteiger partial charge on any atom is 0.248 e. The van der Waals surface area contributed by atoms with Gasteiger partial charge >= 0.3 is 0 Å². The molecule has 3 aromatic rings. The average Bonchev–Trinajstić information content (AvgIpc) is 2.76. The zero-order chi connectivity index (χ0) is 11.1. The summed E-state index contributed by atoms with van der Waals surface area (Å²) in [5.41, 5.74) is 6.88. The van der Waals surface area contributed by atoms with Gasteiger partial charge in [0.1, 0.15) is 0 Å². The van der Waals surface area contributed by atoms with Crippen molar-refractivity contribution < 1.29 is 4.79 Å². The van der Waals surface area contributed by atoms with Gasteiger partial charge in [0.05, 0.1) is 0 Å². The molecule has 0 aliphatic rings. The molecule has 0 unspecified atom stereocenters. The first kappa shape index (κ1) is 8.97. The number of carbonyl (C=O) groups is 1. The predicted molar refractivity (Wildman–Crippen MR) is 64.3 cm³/mol. The van der Waals surface area contributed by atoms with Crippen LogP contribution < -0.4 is 5.73 Å². The van der Waals surface area contributed by atoms with Gasteiger partial charge in [-0.15, -0.1) is 0 Å². The summed E-state index contributed by atoms with van der Waals surface area (Å²) in [5, 5.41) is 3.27. The van der Waals surface area contributed by atoms with Crippen LogP contribution in [0.5, 0.6) is 0 Å². The van der Waals surface area contributed by atoms with Gasteiger partial charge in [0.15, 0.2) is 0 Å². The van der Waals surface area contributed by atoms with Crippen molar-refractivity contribution in [2.24, 2.45) is 5.73 Å². The second-order valence-electron chi connectivity index (χ2n) is 3.80. The van der Waals surface area contributed by atoms with Crippen LogP contribution in [0.2, 0.25) is 0 Å². The van der Waals surface area contributed by atoms with Crippen molar-refractivity contribution in [3.63, 3.8) is 0 Å². The van der Waals surface area contributed by atoms with Gasteiger partial charge in [-0.05, 0) is 35.0 Å². The van der Waals surface area contributed by atoms with Gasteiger partial charge in [-0.25, -0.2) is 0 Å². The number of aromatic nitrogens is 1. The van der Waals surface area contributed by atoms with Crippen LogP contribution in [-0.2, 0) is 0 Å². The standard InChI is InChI=1S/C13H10N2O/c14-13(16)9-2-1-8-3-4-12-10(5-6-15-12)11(8)7-9/h1-7,15H,(H2,14,16).